The van der Waals surface area contributed by atoms with Crippen molar-refractivity contribution in [1.82, 2.24) is 0 Å². The van der Waals surface area contributed by atoms with Crippen molar-refractivity contribution in [3.8, 4) is 0 Å². The smallest absolute Gasteiger partial charge is 0.0948 e. The minimum atomic E-state index is -0.826. The second-order valence-electron chi connectivity index (χ2n) is 2.83. The second-order valence-corrected chi connectivity index (χ2v) is 6.57. The molecule has 0 N–H and O–H groups in total. The van der Waals surface area contributed by atoms with Crippen LogP contribution in [0.25, 0.3) is 0 Å². The van der Waals surface area contributed by atoms with Crippen molar-refractivity contribution >= 4 is 17.0 Å². The van der Waals surface area contributed by atoms with Crippen molar-refractivity contribution in [2.45, 2.75) is 6.42 Å². The van der Waals surface area contributed by atoms with E-state index in [1.807, 2.05) is 0 Å². The maximum atomic E-state index is 4.93. The summed E-state index contributed by atoms with van der Waals surface area (Å²) in [6.07, 6.45) is 1.07. The van der Waals surface area contributed by atoms with Gasteiger partial charge in [0.05, 0.1) is 0 Å². The monoisotopic (exact) mass is 302 g/mol. The van der Waals surface area contributed by atoms with Gasteiger partial charge >= 0.3 is 37.9 Å². The molecule has 0 aliphatic rings. The third kappa shape index (κ3) is 4.59. The van der Waals surface area contributed by atoms with Crippen molar-refractivity contribution in [2.24, 2.45) is 0 Å². The first-order valence-electron chi connectivity index (χ1n) is 4.24. The molecule has 2 rings (SSSR count). The SMILES string of the molecule is [Cl][Zr][Cl].c1cc[c-](C[c-]2cccc2)c1. The van der Waals surface area contributed by atoms with Crippen LogP contribution in [0.2, 0.25) is 0 Å². The summed E-state index contributed by atoms with van der Waals surface area (Å²) in [5, 5.41) is 0. The van der Waals surface area contributed by atoms with Crippen molar-refractivity contribution < 1.29 is 20.8 Å². The molecule has 2 aromatic rings. The van der Waals surface area contributed by atoms with Crippen LogP contribution >= 0.6 is 17.0 Å². The zero-order valence-electron chi connectivity index (χ0n) is 7.58. The van der Waals surface area contributed by atoms with Gasteiger partial charge in [0.1, 0.15) is 0 Å². The molecule has 14 heavy (non-hydrogen) atoms. The van der Waals surface area contributed by atoms with Crippen molar-refractivity contribution in [1.29, 1.82) is 0 Å². The molecule has 74 valence electrons. The average molecular weight is 304 g/mol. The van der Waals surface area contributed by atoms with Crippen LogP contribution in [0.15, 0.2) is 48.5 Å². The van der Waals surface area contributed by atoms with E-state index in [2.05, 4.69) is 48.5 Å². The second kappa shape index (κ2) is 7.45. The maximum absolute atomic E-state index is 4.93. The molecule has 3 heteroatoms. The summed E-state index contributed by atoms with van der Waals surface area (Å²) < 4.78 is 0. The van der Waals surface area contributed by atoms with E-state index in [1.165, 1.54) is 11.1 Å². The van der Waals surface area contributed by atoms with E-state index in [1.54, 1.807) is 0 Å². The van der Waals surface area contributed by atoms with Gasteiger partial charge in [-0.15, -0.1) is 0 Å². The fourth-order valence-corrected chi connectivity index (χ4v) is 1.30. The van der Waals surface area contributed by atoms with Crippen LogP contribution in [-0.4, -0.2) is 0 Å². The third-order valence-corrected chi connectivity index (χ3v) is 1.87. The van der Waals surface area contributed by atoms with Gasteiger partial charge in [0, 0.05) is 0 Å². The van der Waals surface area contributed by atoms with E-state index in [4.69, 9.17) is 17.0 Å². The van der Waals surface area contributed by atoms with Crippen LogP contribution in [0.5, 0.6) is 0 Å². The molecule has 0 nitrogen and oxygen atoms in total. The molecule has 0 unspecified atom stereocenters. The first kappa shape index (κ1) is 12.2. The zero-order valence-corrected chi connectivity index (χ0v) is 11.6. The average Bonchev–Trinajstić information content (AvgIpc) is 2.79. The van der Waals surface area contributed by atoms with Crippen LogP contribution in [0.1, 0.15) is 11.1 Å². The molecule has 0 radical (unpaired) electrons. The first-order chi connectivity index (χ1) is 6.86. The van der Waals surface area contributed by atoms with E-state index in [9.17, 15) is 0 Å². The summed E-state index contributed by atoms with van der Waals surface area (Å²) in [6, 6.07) is 17.0. The third-order valence-electron chi connectivity index (χ3n) is 1.87. The number of hydrogen-bond acceptors (Lipinski definition) is 0. The predicted octanol–water partition coefficient (Wildman–Crippen LogP) is 4.09. The van der Waals surface area contributed by atoms with Crippen molar-refractivity contribution in [3.63, 3.8) is 0 Å². The van der Waals surface area contributed by atoms with Crippen LogP contribution < -0.4 is 0 Å². The molecule has 0 bridgehead atoms. The molecule has 0 aliphatic carbocycles. The number of rotatable bonds is 2. The molecular weight excluding hydrogens is 294 g/mol. The van der Waals surface area contributed by atoms with Gasteiger partial charge in [0.25, 0.3) is 0 Å². The zero-order chi connectivity index (χ0) is 10.2. The molecule has 0 saturated carbocycles. The van der Waals surface area contributed by atoms with Gasteiger partial charge in [-0.3, -0.25) is 0 Å². The summed E-state index contributed by atoms with van der Waals surface area (Å²) in [6.45, 7) is 0. The van der Waals surface area contributed by atoms with Gasteiger partial charge in [0.15, 0.2) is 0 Å². The molecule has 0 spiro atoms. The number of halogens is 2. The van der Waals surface area contributed by atoms with Crippen LogP contribution in [0.4, 0.5) is 0 Å². The van der Waals surface area contributed by atoms with Crippen LogP contribution in [-0.2, 0) is 27.3 Å². The summed E-state index contributed by atoms with van der Waals surface area (Å²) in [7, 11) is 9.87. The Hall–Kier alpha value is 0.163. The molecule has 0 atom stereocenters. The molecule has 0 fully saturated rings. The molecular formula is C11H10Cl2Zr-2. The van der Waals surface area contributed by atoms with Crippen LogP contribution in [0.3, 0.4) is 0 Å². The fourth-order valence-electron chi connectivity index (χ4n) is 1.30. The fraction of sp³-hybridized carbons (Fsp3) is 0.0909. The Kier molecular flexibility index (Phi) is 6.51. The predicted molar refractivity (Wildman–Crippen MR) is 58.6 cm³/mol. The maximum Gasteiger partial charge on any atom is -0.0948 e. The van der Waals surface area contributed by atoms with Gasteiger partial charge in [0.2, 0.25) is 0 Å². The van der Waals surface area contributed by atoms with Gasteiger partial charge in [-0.2, -0.15) is 35.4 Å². The van der Waals surface area contributed by atoms with Gasteiger partial charge in [-0.05, 0) is 0 Å². The van der Waals surface area contributed by atoms with Crippen LogP contribution in [0, 0.1) is 0 Å². The summed E-state index contributed by atoms with van der Waals surface area (Å²) >= 11 is -0.826. The minimum absolute atomic E-state index is 0.826. The van der Waals surface area contributed by atoms with Gasteiger partial charge in [-0.1, -0.05) is 6.42 Å². The Morgan fingerprint density at radius 3 is 1.36 bits per heavy atom. The van der Waals surface area contributed by atoms with E-state index in [-0.39, 0.29) is 0 Å². The summed E-state index contributed by atoms with van der Waals surface area (Å²) in [5.41, 5.74) is 2.80. The quantitative estimate of drug-likeness (QED) is 0.733. The summed E-state index contributed by atoms with van der Waals surface area (Å²) in [5.74, 6) is 0. The molecule has 2 aromatic carbocycles. The minimum Gasteiger partial charge on any atom is -0.213 e. The molecule has 0 aromatic heterocycles. The number of hydrogen-bond donors (Lipinski definition) is 0. The Bertz CT molecular complexity index is 279. The van der Waals surface area contributed by atoms with Gasteiger partial charge < -0.3 is 0 Å². The molecule has 0 saturated heterocycles. The standard InChI is InChI=1S/C11H10.2ClH.Zr/c1-2-6-10(5-1)9-11-7-3-4-8-11;;;/h1-8H,9H2;2*1H;/q-2;;;+2/p-2. The van der Waals surface area contributed by atoms with Gasteiger partial charge in [-0.25, -0.2) is 24.3 Å². The Morgan fingerprint density at radius 1 is 0.786 bits per heavy atom. The molecule has 0 aliphatic heterocycles. The van der Waals surface area contributed by atoms with Crippen molar-refractivity contribution in [2.75, 3.05) is 0 Å². The van der Waals surface area contributed by atoms with Crippen molar-refractivity contribution in [3.05, 3.63) is 59.7 Å². The van der Waals surface area contributed by atoms with E-state index < -0.39 is 20.8 Å². The normalized spacial score (nSPS) is 9.00. The van der Waals surface area contributed by atoms with E-state index in [0.717, 1.165) is 6.42 Å². The summed E-state index contributed by atoms with van der Waals surface area (Å²) in [4.78, 5) is 0. The van der Waals surface area contributed by atoms with E-state index in [0.29, 0.717) is 0 Å². The topological polar surface area (TPSA) is 0 Å². The Morgan fingerprint density at radius 2 is 1.07 bits per heavy atom. The Balaban J connectivity index is 0.000000293. The first-order valence-corrected chi connectivity index (χ1v) is 10.6. The largest absolute Gasteiger partial charge is 0.213 e. The molecule has 0 amide bonds. The molecule has 0 heterocycles. The van der Waals surface area contributed by atoms with E-state index >= 15 is 0 Å². The Labute approximate surface area is 103 Å².